The molecule has 2 heterocycles. The van der Waals surface area contributed by atoms with Gasteiger partial charge in [0.1, 0.15) is 0 Å². The van der Waals surface area contributed by atoms with Crippen molar-refractivity contribution in [3.63, 3.8) is 0 Å². The van der Waals surface area contributed by atoms with E-state index in [0.29, 0.717) is 11.4 Å². The van der Waals surface area contributed by atoms with Gasteiger partial charge in [-0.25, -0.2) is 9.48 Å². The Morgan fingerprint density at radius 2 is 2.12 bits per heavy atom. The number of tetrazole rings is 1. The van der Waals surface area contributed by atoms with Gasteiger partial charge in [-0.15, -0.1) is 10.2 Å². The Balaban J connectivity index is 1.65. The number of nitrogens with zero attached hydrogens (tertiary/aromatic N) is 6. The minimum absolute atomic E-state index is 0.0447. The zero-order chi connectivity index (χ0) is 18.0. The van der Waals surface area contributed by atoms with Gasteiger partial charge in [0.05, 0.1) is 23.0 Å². The van der Waals surface area contributed by atoms with E-state index in [1.54, 1.807) is 10.9 Å². The Kier molecular flexibility index (Phi) is 4.67. The molecule has 3 aromatic rings. The lowest BCUT2D eigenvalue weighted by atomic mass is 10.1. The first-order chi connectivity index (χ1) is 11.8. The van der Waals surface area contributed by atoms with Crippen LogP contribution in [0.1, 0.15) is 37.0 Å². The molecule has 1 aromatic carbocycles. The highest BCUT2D eigenvalue weighted by atomic mass is 79.9. The number of aromatic nitrogens is 6. The molecule has 9 heteroatoms. The van der Waals surface area contributed by atoms with Gasteiger partial charge >= 0.3 is 5.97 Å². The van der Waals surface area contributed by atoms with E-state index >= 15 is 0 Å². The highest BCUT2D eigenvalue weighted by Crippen LogP contribution is 2.16. The summed E-state index contributed by atoms with van der Waals surface area (Å²) >= 11 is 3.41. The Hall–Kier alpha value is -2.55. The molecule has 3 rings (SSSR count). The van der Waals surface area contributed by atoms with E-state index < -0.39 is 5.97 Å². The van der Waals surface area contributed by atoms with Crippen molar-refractivity contribution in [1.29, 1.82) is 0 Å². The molecular formula is C16H17BrN6O2. The first-order valence-electron chi connectivity index (χ1n) is 7.60. The van der Waals surface area contributed by atoms with Crippen molar-refractivity contribution in [2.75, 3.05) is 0 Å². The molecule has 0 radical (unpaired) electrons. The number of carbonyl (C=O) groups is 1. The van der Waals surface area contributed by atoms with E-state index in [-0.39, 0.29) is 12.1 Å². The fraction of sp³-hybridized carbons (Fsp3) is 0.312. The fourth-order valence-corrected chi connectivity index (χ4v) is 2.37. The molecule has 25 heavy (non-hydrogen) atoms. The van der Waals surface area contributed by atoms with Crippen LogP contribution in [-0.4, -0.2) is 36.0 Å². The molecule has 0 aliphatic rings. The van der Waals surface area contributed by atoms with Gasteiger partial charge in [0.25, 0.3) is 0 Å². The molecule has 0 amide bonds. The predicted molar refractivity (Wildman–Crippen MR) is 93.2 cm³/mol. The number of halogens is 1. The molecule has 0 spiro atoms. The van der Waals surface area contributed by atoms with Gasteiger partial charge in [0, 0.05) is 10.7 Å². The second-order valence-electron chi connectivity index (χ2n) is 6.40. The largest absolute Gasteiger partial charge is 0.454 e. The quantitative estimate of drug-likeness (QED) is 0.621. The van der Waals surface area contributed by atoms with E-state index in [1.165, 1.54) is 11.0 Å². The summed E-state index contributed by atoms with van der Waals surface area (Å²) in [6.07, 6.45) is 3.08. The average Bonchev–Trinajstić information content (AvgIpc) is 3.21. The SMILES string of the molecule is CC(C)(C)n1nnc(COC(=O)c2cnn(-c3cccc(Br)c3)c2)n1. The number of benzene rings is 1. The normalized spacial score (nSPS) is 11.5. The average molecular weight is 405 g/mol. The number of esters is 1. The maximum Gasteiger partial charge on any atom is 0.341 e. The minimum Gasteiger partial charge on any atom is -0.454 e. The molecule has 0 N–H and O–H groups in total. The van der Waals surface area contributed by atoms with Crippen molar-refractivity contribution in [2.45, 2.75) is 32.9 Å². The van der Waals surface area contributed by atoms with E-state index in [2.05, 4.69) is 36.4 Å². The molecule has 0 atom stereocenters. The van der Waals surface area contributed by atoms with Gasteiger partial charge in [-0.1, -0.05) is 22.0 Å². The number of hydrogen-bond donors (Lipinski definition) is 0. The summed E-state index contributed by atoms with van der Waals surface area (Å²) in [6, 6.07) is 7.60. The second-order valence-corrected chi connectivity index (χ2v) is 7.31. The van der Waals surface area contributed by atoms with Crippen molar-refractivity contribution in [3.05, 3.63) is 52.5 Å². The molecular weight excluding hydrogens is 388 g/mol. The molecule has 0 unspecified atom stereocenters. The monoisotopic (exact) mass is 404 g/mol. The Labute approximate surface area is 152 Å². The molecule has 0 bridgehead atoms. The van der Waals surface area contributed by atoms with Crippen LogP contribution in [0.15, 0.2) is 41.1 Å². The lowest BCUT2D eigenvalue weighted by molar-refractivity contribution is 0.0461. The van der Waals surface area contributed by atoms with Gasteiger partial charge in [0.15, 0.2) is 6.61 Å². The maximum absolute atomic E-state index is 12.2. The van der Waals surface area contributed by atoms with Crippen molar-refractivity contribution >= 4 is 21.9 Å². The number of hydrogen-bond acceptors (Lipinski definition) is 6. The number of rotatable bonds is 4. The standard InChI is InChI=1S/C16H17BrN6O2/c1-16(2,3)23-20-14(19-21-23)10-25-15(24)11-8-18-22(9-11)13-6-4-5-12(17)7-13/h4-9H,10H2,1-3H3. The first kappa shape index (κ1) is 17.3. The van der Waals surface area contributed by atoms with E-state index in [1.807, 2.05) is 45.0 Å². The molecule has 0 fully saturated rings. The van der Waals surface area contributed by atoms with Crippen LogP contribution in [0.5, 0.6) is 0 Å². The Bertz CT molecular complexity index is 896. The van der Waals surface area contributed by atoms with Crippen LogP contribution in [0.25, 0.3) is 5.69 Å². The van der Waals surface area contributed by atoms with Gasteiger partial charge in [-0.2, -0.15) is 9.90 Å². The lowest BCUT2D eigenvalue weighted by Gasteiger charge is -2.15. The zero-order valence-corrected chi connectivity index (χ0v) is 15.6. The third-order valence-corrected chi connectivity index (χ3v) is 3.77. The van der Waals surface area contributed by atoms with Gasteiger partial charge < -0.3 is 4.74 Å². The van der Waals surface area contributed by atoms with Crippen LogP contribution < -0.4 is 0 Å². The molecule has 0 aliphatic heterocycles. The summed E-state index contributed by atoms with van der Waals surface area (Å²) in [5, 5.41) is 16.2. The van der Waals surface area contributed by atoms with E-state index in [0.717, 1.165) is 10.2 Å². The molecule has 2 aromatic heterocycles. The first-order valence-corrected chi connectivity index (χ1v) is 8.39. The number of carbonyl (C=O) groups excluding carboxylic acids is 1. The maximum atomic E-state index is 12.2. The highest BCUT2D eigenvalue weighted by molar-refractivity contribution is 9.10. The third kappa shape index (κ3) is 4.11. The van der Waals surface area contributed by atoms with Gasteiger partial charge in [0.2, 0.25) is 5.82 Å². The third-order valence-electron chi connectivity index (χ3n) is 3.28. The van der Waals surface area contributed by atoms with Crippen molar-refractivity contribution in [2.24, 2.45) is 0 Å². The zero-order valence-electron chi connectivity index (χ0n) is 14.0. The molecule has 0 saturated carbocycles. The van der Waals surface area contributed by atoms with E-state index in [9.17, 15) is 4.79 Å². The summed E-state index contributed by atoms with van der Waals surface area (Å²) in [5.74, 6) is -0.143. The van der Waals surface area contributed by atoms with Crippen LogP contribution in [0.3, 0.4) is 0 Å². The van der Waals surface area contributed by atoms with Crippen LogP contribution >= 0.6 is 15.9 Å². The van der Waals surface area contributed by atoms with E-state index in [4.69, 9.17) is 4.74 Å². The van der Waals surface area contributed by atoms with Crippen LogP contribution in [0.4, 0.5) is 0 Å². The smallest absolute Gasteiger partial charge is 0.341 e. The van der Waals surface area contributed by atoms with Crippen LogP contribution in [-0.2, 0) is 16.9 Å². The van der Waals surface area contributed by atoms with Crippen molar-refractivity contribution in [1.82, 2.24) is 30.0 Å². The summed E-state index contributed by atoms with van der Waals surface area (Å²) in [7, 11) is 0. The van der Waals surface area contributed by atoms with Gasteiger partial charge in [-0.3, -0.25) is 0 Å². The topological polar surface area (TPSA) is 87.7 Å². The highest BCUT2D eigenvalue weighted by Gasteiger charge is 2.18. The van der Waals surface area contributed by atoms with Crippen molar-refractivity contribution < 1.29 is 9.53 Å². The van der Waals surface area contributed by atoms with Gasteiger partial charge in [-0.05, 0) is 44.2 Å². The Morgan fingerprint density at radius 1 is 1.32 bits per heavy atom. The summed E-state index contributed by atoms with van der Waals surface area (Å²) in [5.41, 5.74) is 0.909. The molecule has 130 valence electrons. The van der Waals surface area contributed by atoms with Crippen molar-refractivity contribution in [3.8, 4) is 5.69 Å². The summed E-state index contributed by atoms with van der Waals surface area (Å²) in [4.78, 5) is 13.7. The molecule has 0 aliphatic carbocycles. The summed E-state index contributed by atoms with van der Waals surface area (Å²) in [6.45, 7) is 5.83. The second kappa shape index (κ2) is 6.75. The Morgan fingerprint density at radius 3 is 2.80 bits per heavy atom. The minimum atomic E-state index is -0.492. The summed E-state index contributed by atoms with van der Waals surface area (Å²) < 4.78 is 7.77. The lowest BCUT2D eigenvalue weighted by Crippen LogP contribution is -2.24. The molecule has 0 saturated heterocycles. The fourth-order valence-electron chi connectivity index (χ4n) is 1.99. The van der Waals surface area contributed by atoms with Crippen LogP contribution in [0.2, 0.25) is 0 Å². The predicted octanol–water partition coefficient (Wildman–Crippen LogP) is 2.73. The van der Waals surface area contributed by atoms with Crippen LogP contribution in [0, 0.1) is 0 Å². The number of ether oxygens (including phenoxy) is 1. The molecule has 8 nitrogen and oxygen atoms in total.